The standard InChI is InChI=1S/C11H23NO3.C5H10O.CH4/c1-10(2,3)15-9(14)12-7-6-11(4,5)8-13;1-5(2)3-6-4-5;/h13H,6-8H2,1-5H3,(H,12,14);3-4H2,1-2H3;1H4. The van der Waals surface area contributed by atoms with Crippen molar-refractivity contribution in [2.75, 3.05) is 26.4 Å². The number of alkyl carbamates (subject to hydrolysis) is 1. The molecule has 0 radical (unpaired) electrons. The zero-order valence-electron chi connectivity index (χ0n) is 14.7. The first-order valence-corrected chi connectivity index (χ1v) is 7.52. The van der Waals surface area contributed by atoms with Crippen LogP contribution in [0.3, 0.4) is 0 Å². The molecule has 22 heavy (non-hydrogen) atoms. The van der Waals surface area contributed by atoms with Gasteiger partial charge in [-0.15, -0.1) is 0 Å². The molecule has 0 atom stereocenters. The summed E-state index contributed by atoms with van der Waals surface area (Å²) in [7, 11) is 0. The number of carbonyl (C=O) groups is 1. The molecule has 2 N–H and O–H groups in total. The Morgan fingerprint density at radius 3 is 1.95 bits per heavy atom. The molecular formula is C17H37NO4. The molecule has 1 saturated heterocycles. The lowest BCUT2D eigenvalue weighted by Crippen LogP contribution is -2.36. The second-order valence-corrected chi connectivity index (χ2v) is 8.16. The number of ether oxygens (including phenoxy) is 2. The van der Waals surface area contributed by atoms with Crippen LogP contribution in [0.4, 0.5) is 4.79 Å². The molecule has 0 aliphatic carbocycles. The first-order chi connectivity index (χ1) is 9.37. The van der Waals surface area contributed by atoms with E-state index in [4.69, 9.17) is 14.6 Å². The maximum atomic E-state index is 11.2. The second-order valence-electron chi connectivity index (χ2n) is 8.16. The third kappa shape index (κ3) is 12.9. The van der Waals surface area contributed by atoms with Gasteiger partial charge in [0.2, 0.25) is 0 Å². The molecule has 1 fully saturated rings. The van der Waals surface area contributed by atoms with E-state index in [0.717, 1.165) is 19.6 Å². The van der Waals surface area contributed by atoms with Crippen molar-refractivity contribution in [1.82, 2.24) is 5.32 Å². The molecule has 5 heteroatoms. The summed E-state index contributed by atoms with van der Waals surface area (Å²) in [5, 5.41) is 11.7. The highest BCUT2D eigenvalue weighted by Crippen LogP contribution is 2.24. The summed E-state index contributed by atoms with van der Waals surface area (Å²) in [5.41, 5.74) is -0.119. The quantitative estimate of drug-likeness (QED) is 0.831. The minimum atomic E-state index is -0.462. The fourth-order valence-corrected chi connectivity index (χ4v) is 1.41. The highest BCUT2D eigenvalue weighted by atomic mass is 16.6. The highest BCUT2D eigenvalue weighted by molar-refractivity contribution is 5.67. The van der Waals surface area contributed by atoms with E-state index in [2.05, 4.69) is 19.2 Å². The third-order valence-electron chi connectivity index (χ3n) is 2.88. The van der Waals surface area contributed by atoms with Gasteiger partial charge in [0, 0.05) is 18.6 Å². The lowest BCUT2D eigenvalue weighted by Gasteiger charge is -2.33. The van der Waals surface area contributed by atoms with E-state index in [1.807, 2.05) is 34.6 Å². The van der Waals surface area contributed by atoms with E-state index >= 15 is 0 Å². The van der Waals surface area contributed by atoms with Crippen molar-refractivity contribution in [1.29, 1.82) is 0 Å². The zero-order chi connectivity index (χ0) is 16.7. The van der Waals surface area contributed by atoms with E-state index in [0.29, 0.717) is 12.0 Å². The van der Waals surface area contributed by atoms with Crippen molar-refractivity contribution in [2.45, 2.75) is 67.9 Å². The number of aliphatic hydroxyl groups excluding tert-OH is 1. The van der Waals surface area contributed by atoms with Gasteiger partial charge in [0.1, 0.15) is 5.60 Å². The second kappa shape index (κ2) is 9.36. The Kier molecular flexibility index (Phi) is 9.98. The number of aliphatic hydroxyl groups is 1. The van der Waals surface area contributed by atoms with Crippen LogP contribution in [-0.2, 0) is 9.47 Å². The predicted molar refractivity (Wildman–Crippen MR) is 91.1 cm³/mol. The molecule has 0 aromatic heterocycles. The smallest absolute Gasteiger partial charge is 0.407 e. The summed E-state index contributed by atoms with van der Waals surface area (Å²) >= 11 is 0. The van der Waals surface area contributed by atoms with E-state index < -0.39 is 11.7 Å². The van der Waals surface area contributed by atoms with Crippen molar-refractivity contribution < 1.29 is 19.4 Å². The van der Waals surface area contributed by atoms with Crippen molar-refractivity contribution in [3.05, 3.63) is 0 Å². The normalized spacial score (nSPS) is 16.4. The molecule has 1 heterocycles. The molecule has 0 spiro atoms. The van der Waals surface area contributed by atoms with Crippen LogP contribution >= 0.6 is 0 Å². The maximum Gasteiger partial charge on any atom is 0.407 e. The van der Waals surface area contributed by atoms with Crippen LogP contribution in [0.15, 0.2) is 0 Å². The summed E-state index contributed by atoms with van der Waals surface area (Å²) in [6.45, 7) is 16.3. The van der Waals surface area contributed by atoms with Gasteiger partial charge in [0.15, 0.2) is 0 Å². The van der Waals surface area contributed by atoms with E-state index in [9.17, 15) is 4.79 Å². The van der Waals surface area contributed by atoms with Crippen LogP contribution in [-0.4, -0.2) is 43.2 Å². The third-order valence-corrected chi connectivity index (χ3v) is 2.88. The lowest BCUT2D eigenvalue weighted by molar-refractivity contribution is -0.0892. The summed E-state index contributed by atoms with van der Waals surface area (Å²) in [6.07, 6.45) is 0.319. The molecular weight excluding hydrogens is 282 g/mol. The summed E-state index contributed by atoms with van der Waals surface area (Å²) < 4.78 is 10.0. The molecule has 0 saturated carbocycles. The Labute approximate surface area is 136 Å². The molecule has 1 aliphatic heterocycles. The SMILES string of the molecule is C.CC(C)(CO)CCNC(=O)OC(C)(C)C.CC1(C)COC1. The fraction of sp³-hybridized carbons (Fsp3) is 0.941. The molecule has 0 aromatic rings. The molecule has 1 amide bonds. The predicted octanol–water partition coefficient (Wildman–Crippen LogP) is 3.60. The van der Waals surface area contributed by atoms with Crippen molar-refractivity contribution in [3.63, 3.8) is 0 Å². The van der Waals surface area contributed by atoms with E-state index in [-0.39, 0.29) is 19.4 Å². The Morgan fingerprint density at radius 2 is 1.68 bits per heavy atom. The number of hydrogen-bond donors (Lipinski definition) is 2. The van der Waals surface area contributed by atoms with Crippen LogP contribution < -0.4 is 5.32 Å². The summed E-state index contributed by atoms with van der Waals surface area (Å²) in [6, 6.07) is 0. The van der Waals surface area contributed by atoms with Gasteiger partial charge in [-0.25, -0.2) is 4.79 Å². The zero-order valence-corrected chi connectivity index (χ0v) is 14.7. The molecule has 1 aliphatic rings. The minimum absolute atomic E-state index is 0. The first kappa shape index (κ1) is 23.5. The monoisotopic (exact) mass is 319 g/mol. The minimum Gasteiger partial charge on any atom is -0.444 e. The van der Waals surface area contributed by atoms with E-state index in [1.54, 1.807) is 0 Å². The van der Waals surface area contributed by atoms with Crippen LogP contribution in [0.5, 0.6) is 0 Å². The Bertz CT molecular complexity index is 313. The number of hydrogen-bond acceptors (Lipinski definition) is 4. The van der Waals surface area contributed by atoms with Crippen LogP contribution in [0, 0.1) is 10.8 Å². The topological polar surface area (TPSA) is 67.8 Å². The van der Waals surface area contributed by atoms with Gasteiger partial charge in [-0.05, 0) is 32.6 Å². The van der Waals surface area contributed by atoms with Gasteiger partial charge in [-0.1, -0.05) is 35.1 Å². The average Bonchev–Trinajstić information content (AvgIpc) is 2.25. The molecule has 0 aromatic carbocycles. The van der Waals surface area contributed by atoms with Crippen molar-refractivity contribution in [2.24, 2.45) is 10.8 Å². The lowest BCUT2D eigenvalue weighted by atomic mass is 9.91. The number of amides is 1. The van der Waals surface area contributed by atoms with Crippen LogP contribution in [0.1, 0.15) is 62.3 Å². The number of nitrogens with one attached hydrogen (secondary N) is 1. The summed E-state index contributed by atoms with van der Waals surface area (Å²) in [4.78, 5) is 11.2. The van der Waals surface area contributed by atoms with Crippen LogP contribution in [0.25, 0.3) is 0 Å². The molecule has 1 rings (SSSR count). The van der Waals surface area contributed by atoms with Gasteiger partial charge < -0.3 is 19.9 Å². The Morgan fingerprint density at radius 1 is 1.23 bits per heavy atom. The van der Waals surface area contributed by atoms with Gasteiger partial charge in [0.25, 0.3) is 0 Å². The average molecular weight is 319 g/mol. The Balaban J connectivity index is 0. The molecule has 0 bridgehead atoms. The Hall–Kier alpha value is -0.810. The van der Waals surface area contributed by atoms with Gasteiger partial charge in [-0.2, -0.15) is 0 Å². The van der Waals surface area contributed by atoms with Gasteiger partial charge in [-0.3, -0.25) is 0 Å². The highest BCUT2D eigenvalue weighted by Gasteiger charge is 2.26. The largest absolute Gasteiger partial charge is 0.444 e. The molecule has 5 nitrogen and oxygen atoms in total. The van der Waals surface area contributed by atoms with Crippen LogP contribution in [0.2, 0.25) is 0 Å². The summed E-state index contributed by atoms with van der Waals surface area (Å²) in [5.74, 6) is 0. The number of rotatable bonds is 4. The molecule has 134 valence electrons. The maximum absolute atomic E-state index is 11.2. The molecule has 0 unspecified atom stereocenters. The first-order valence-electron chi connectivity index (χ1n) is 7.52. The van der Waals surface area contributed by atoms with E-state index in [1.165, 1.54) is 0 Å². The fourth-order valence-electron chi connectivity index (χ4n) is 1.41. The van der Waals surface area contributed by atoms with Crippen molar-refractivity contribution >= 4 is 6.09 Å². The number of carbonyl (C=O) groups excluding carboxylic acids is 1. The van der Waals surface area contributed by atoms with Gasteiger partial charge in [0.05, 0.1) is 13.2 Å². The van der Waals surface area contributed by atoms with Crippen molar-refractivity contribution in [3.8, 4) is 0 Å². The van der Waals surface area contributed by atoms with Gasteiger partial charge >= 0.3 is 6.09 Å².